The zero-order valence-electron chi connectivity index (χ0n) is 13.9. The monoisotopic (exact) mass is 314 g/mol. The fourth-order valence-corrected chi connectivity index (χ4v) is 4.29. The molecule has 0 saturated heterocycles. The second-order valence-electron chi connectivity index (χ2n) is 7.12. The number of hydrogen-bond acceptors (Lipinski definition) is 3. The van der Waals surface area contributed by atoms with E-state index in [-0.39, 0.29) is 11.7 Å². The van der Waals surface area contributed by atoms with Gasteiger partial charge in [0.1, 0.15) is 17.0 Å². The third kappa shape index (κ3) is 2.52. The van der Waals surface area contributed by atoms with Crippen LogP contribution in [0.25, 0.3) is 0 Å². The van der Waals surface area contributed by atoms with Crippen LogP contribution in [0.2, 0.25) is 0 Å². The molecule has 2 unspecified atom stereocenters. The Labute approximate surface area is 138 Å². The van der Waals surface area contributed by atoms with E-state index in [0.717, 1.165) is 36.8 Å². The van der Waals surface area contributed by atoms with Gasteiger partial charge in [-0.15, -0.1) is 0 Å². The highest BCUT2D eigenvalue weighted by atomic mass is 16.4. The number of benzene rings is 1. The minimum Gasteiger partial charge on any atom is -0.508 e. The van der Waals surface area contributed by atoms with Crippen molar-refractivity contribution in [2.75, 3.05) is 0 Å². The Kier molecular flexibility index (Phi) is 4.11. The highest BCUT2D eigenvalue weighted by Crippen LogP contribution is 2.50. The van der Waals surface area contributed by atoms with Gasteiger partial charge in [-0.2, -0.15) is 0 Å². The average molecular weight is 314 g/mol. The Morgan fingerprint density at radius 2 is 1.74 bits per heavy atom. The van der Waals surface area contributed by atoms with E-state index < -0.39 is 11.2 Å². The van der Waals surface area contributed by atoms with Gasteiger partial charge in [0, 0.05) is 5.56 Å². The molecule has 23 heavy (non-hydrogen) atoms. The molecule has 1 aromatic rings. The SMILES string of the molecule is CC1=CC(O)(C2CCCCC2)C(O)(c2c(C)cccc2O)C=C1. The van der Waals surface area contributed by atoms with Gasteiger partial charge in [-0.3, -0.25) is 0 Å². The van der Waals surface area contributed by atoms with E-state index in [0.29, 0.717) is 5.56 Å². The number of aliphatic hydroxyl groups is 2. The molecule has 0 radical (unpaired) electrons. The Bertz CT molecular complexity index is 635. The van der Waals surface area contributed by atoms with Gasteiger partial charge in [-0.25, -0.2) is 0 Å². The summed E-state index contributed by atoms with van der Waals surface area (Å²) in [6.45, 7) is 3.79. The fourth-order valence-electron chi connectivity index (χ4n) is 4.29. The number of phenolic OH excluding ortho intramolecular Hbond substituents is 1. The molecule has 0 aliphatic heterocycles. The van der Waals surface area contributed by atoms with Gasteiger partial charge in [0.05, 0.1) is 0 Å². The number of allylic oxidation sites excluding steroid dienone is 2. The van der Waals surface area contributed by atoms with Gasteiger partial charge in [0.2, 0.25) is 0 Å². The first-order chi connectivity index (χ1) is 10.9. The van der Waals surface area contributed by atoms with Crippen molar-refractivity contribution < 1.29 is 15.3 Å². The second kappa shape index (κ2) is 5.81. The fraction of sp³-hybridized carbons (Fsp3) is 0.500. The van der Waals surface area contributed by atoms with Crippen molar-refractivity contribution >= 4 is 0 Å². The minimum absolute atomic E-state index is 0.0137. The van der Waals surface area contributed by atoms with Gasteiger partial charge < -0.3 is 15.3 Å². The van der Waals surface area contributed by atoms with Crippen LogP contribution in [0.3, 0.4) is 0 Å². The van der Waals surface area contributed by atoms with Gasteiger partial charge in [0.15, 0.2) is 0 Å². The maximum atomic E-state index is 11.6. The van der Waals surface area contributed by atoms with Crippen molar-refractivity contribution in [3.8, 4) is 5.75 Å². The second-order valence-corrected chi connectivity index (χ2v) is 7.12. The number of rotatable bonds is 2. The lowest BCUT2D eigenvalue weighted by atomic mass is 9.63. The lowest BCUT2D eigenvalue weighted by Gasteiger charge is -2.48. The molecule has 124 valence electrons. The predicted molar refractivity (Wildman–Crippen MR) is 91.2 cm³/mol. The van der Waals surface area contributed by atoms with Crippen LogP contribution in [0.15, 0.2) is 42.0 Å². The molecule has 1 aromatic carbocycles. The molecule has 2 atom stereocenters. The molecule has 3 N–H and O–H groups in total. The van der Waals surface area contributed by atoms with Gasteiger partial charge in [-0.1, -0.05) is 43.0 Å². The summed E-state index contributed by atoms with van der Waals surface area (Å²) in [5.41, 5.74) is -0.872. The van der Waals surface area contributed by atoms with Gasteiger partial charge >= 0.3 is 0 Å². The van der Waals surface area contributed by atoms with Gasteiger partial charge in [0.25, 0.3) is 0 Å². The highest BCUT2D eigenvalue weighted by Gasteiger charge is 2.54. The third-order valence-electron chi connectivity index (χ3n) is 5.51. The van der Waals surface area contributed by atoms with E-state index in [1.54, 1.807) is 24.3 Å². The summed E-state index contributed by atoms with van der Waals surface area (Å²) >= 11 is 0. The molecule has 3 heteroatoms. The normalized spacial score (nSPS) is 31.9. The van der Waals surface area contributed by atoms with Crippen molar-refractivity contribution in [1.29, 1.82) is 0 Å². The molecule has 1 fully saturated rings. The van der Waals surface area contributed by atoms with Crippen LogP contribution < -0.4 is 0 Å². The molecule has 0 aromatic heterocycles. The molecule has 3 rings (SSSR count). The summed E-state index contributed by atoms with van der Waals surface area (Å²) in [5.74, 6) is 0.0134. The van der Waals surface area contributed by atoms with Crippen molar-refractivity contribution in [3.63, 3.8) is 0 Å². The molecule has 1 saturated carbocycles. The quantitative estimate of drug-likeness (QED) is 0.780. The zero-order valence-corrected chi connectivity index (χ0v) is 13.9. The molecule has 2 aliphatic rings. The van der Waals surface area contributed by atoms with Crippen LogP contribution in [0.5, 0.6) is 5.75 Å². The number of aryl methyl sites for hydroxylation is 1. The molecular formula is C20H26O3. The summed E-state index contributed by atoms with van der Waals surface area (Å²) in [6.07, 6.45) is 10.4. The van der Waals surface area contributed by atoms with Crippen molar-refractivity contribution in [1.82, 2.24) is 0 Å². The van der Waals surface area contributed by atoms with Crippen LogP contribution in [-0.2, 0) is 5.60 Å². The van der Waals surface area contributed by atoms with Crippen LogP contribution >= 0.6 is 0 Å². The van der Waals surface area contributed by atoms with E-state index in [9.17, 15) is 15.3 Å². The Morgan fingerprint density at radius 3 is 2.39 bits per heavy atom. The minimum atomic E-state index is -1.61. The van der Waals surface area contributed by atoms with E-state index in [1.165, 1.54) is 6.42 Å². The van der Waals surface area contributed by atoms with Gasteiger partial charge in [-0.05, 0) is 56.4 Å². The van der Waals surface area contributed by atoms with E-state index in [2.05, 4.69) is 0 Å². The largest absolute Gasteiger partial charge is 0.508 e. The standard InChI is InChI=1S/C20H26O3/c1-14-11-12-19(22,18-15(2)7-6-10-17(18)21)20(23,13-14)16-8-4-3-5-9-16/h6-7,10-13,16,21-23H,3-5,8-9H2,1-2H3. The molecular weight excluding hydrogens is 288 g/mol. The molecule has 0 amide bonds. The number of hydrogen-bond donors (Lipinski definition) is 3. The molecule has 0 bridgehead atoms. The number of aromatic hydroxyl groups is 1. The maximum Gasteiger partial charge on any atom is 0.144 e. The van der Waals surface area contributed by atoms with Crippen LogP contribution in [0.1, 0.15) is 50.2 Å². The Balaban J connectivity index is 2.16. The lowest BCUT2D eigenvalue weighted by Crippen LogP contribution is -2.56. The van der Waals surface area contributed by atoms with Crippen molar-refractivity contribution in [2.24, 2.45) is 5.92 Å². The van der Waals surface area contributed by atoms with Crippen LogP contribution in [-0.4, -0.2) is 20.9 Å². The summed E-state index contributed by atoms with van der Waals surface area (Å²) < 4.78 is 0. The van der Waals surface area contributed by atoms with E-state index >= 15 is 0 Å². The molecule has 0 heterocycles. The average Bonchev–Trinajstić information content (AvgIpc) is 2.52. The first-order valence-corrected chi connectivity index (χ1v) is 8.51. The van der Waals surface area contributed by atoms with Crippen molar-refractivity contribution in [2.45, 2.75) is 57.2 Å². The smallest absolute Gasteiger partial charge is 0.144 e. The van der Waals surface area contributed by atoms with Crippen LogP contribution in [0, 0.1) is 12.8 Å². The first kappa shape index (κ1) is 16.3. The third-order valence-corrected chi connectivity index (χ3v) is 5.51. The number of phenols is 1. The lowest BCUT2D eigenvalue weighted by molar-refractivity contribution is -0.139. The van der Waals surface area contributed by atoms with E-state index in [4.69, 9.17) is 0 Å². The summed E-state index contributed by atoms with van der Waals surface area (Å²) in [5, 5.41) is 33.5. The molecule has 3 nitrogen and oxygen atoms in total. The first-order valence-electron chi connectivity index (χ1n) is 8.51. The summed E-state index contributed by atoms with van der Waals surface area (Å²) in [4.78, 5) is 0. The molecule has 0 spiro atoms. The van der Waals surface area contributed by atoms with Crippen LogP contribution in [0.4, 0.5) is 0 Å². The zero-order chi connectivity index (χ0) is 16.7. The highest BCUT2D eigenvalue weighted by molar-refractivity contribution is 5.51. The predicted octanol–water partition coefficient (Wildman–Crippen LogP) is 3.72. The Morgan fingerprint density at radius 1 is 1.04 bits per heavy atom. The summed E-state index contributed by atoms with van der Waals surface area (Å²) in [7, 11) is 0. The van der Waals surface area contributed by atoms with E-state index in [1.807, 2.05) is 26.0 Å². The topological polar surface area (TPSA) is 60.7 Å². The summed E-state index contributed by atoms with van der Waals surface area (Å²) in [6, 6.07) is 5.18. The van der Waals surface area contributed by atoms with Crippen molar-refractivity contribution in [3.05, 3.63) is 53.1 Å². The maximum absolute atomic E-state index is 11.6. The molecule has 2 aliphatic carbocycles. The Hall–Kier alpha value is -1.58.